The summed E-state index contributed by atoms with van der Waals surface area (Å²) in [4.78, 5) is 15.3. The Balaban J connectivity index is 1.44. The van der Waals surface area contributed by atoms with E-state index in [1.54, 1.807) is 16.9 Å². The van der Waals surface area contributed by atoms with Gasteiger partial charge in [0.2, 0.25) is 5.82 Å². The normalized spacial score (nSPS) is 10.9. The highest BCUT2D eigenvalue weighted by Crippen LogP contribution is 2.30. The topological polar surface area (TPSA) is 118 Å². The number of nitriles is 1. The van der Waals surface area contributed by atoms with Gasteiger partial charge < -0.3 is 9.63 Å². The molecule has 3 aromatic carbocycles. The van der Waals surface area contributed by atoms with Crippen molar-refractivity contribution in [1.82, 2.24) is 19.9 Å². The van der Waals surface area contributed by atoms with Crippen LogP contribution in [0.1, 0.15) is 12.0 Å². The van der Waals surface area contributed by atoms with Crippen molar-refractivity contribution in [3.05, 3.63) is 78.5 Å². The van der Waals surface area contributed by atoms with E-state index in [1.807, 2.05) is 60.7 Å². The number of hydrogen-bond acceptors (Lipinski definition) is 6. The number of carbonyl (C=O) groups is 1. The van der Waals surface area contributed by atoms with Gasteiger partial charge in [-0.25, -0.2) is 0 Å². The molecule has 0 bridgehead atoms. The van der Waals surface area contributed by atoms with Crippen LogP contribution in [0.15, 0.2) is 77.4 Å². The van der Waals surface area contributed by atoms with Crippen molar-refractivity contribution >= 4 is 16.9 Å². The average molecular weight is 435 g/mol. The molecule has 0 spiro atoms. The Morgan fingerprint density at radius 3 is 2.64 bits per heavy atom. The number of nitrogens with zero attached hydrogens (tertiary/aromatic N) is 5. The first-order valence-corrected chi connectivity index (χ1v) is 10.2. The minimum atomic E-state index is -0.869. The predicted molar refractivity (Wildman–Crippen MR) is 121 cm³/mol. The van der Waals surface area contributed by atoms with E-state index in [4.69, 9.17) is 9.63 Å². The lowest BCUT2D eigenvalue weighted by Gasteiger charge is -2.05. The van der Waals surface area contributed by atoms with E-state index < -0.39 is 5.97 Å². The fraction of sp³-hybridized carbons (Fsp3) is 0.0800. The van der Waals surface area contributed by atoms with Crippen LogP contribution in [0.2, 0.25) is 0 Å². The van der Waals surface area contributed by atoms with E-state index in [1.165, 1.54) is 0 Å². The highest BCUT2D eigenvalue weighted by Gasteiger charge is 2.15. The number of benzene rings is 3. The summed E-state index contributed by atoms with van der Waals surface area (Å²) in [6.45, 7) is 0.296. The van der Waals surface area contributed by atoms with E-state index in [0.29, 0.717) is 29.4 Å². The van der Waals surface area contributed by atoms with Crippen molar-refractivity contribution in [1.29, 1.82) is 5.26 Å². The molecule has 160 valence electrons. The molecule has 1 N–H and O–H groups in total. The van der Waals surface area contributed by atoms with Crippen molar-refractivity contribution in [2.75, 3.05) is 0 Å². The molecule has 33 heavy (non-hydrogen) atoms. The van der Waals surface area contributed by atoms with Gasteiger partial charge in [0.15, 0.2) is 0 Å². The highest BCUT2D eigenvalue weighted by molar-refractivity contribution is 5.83. The zero-order valence-corrected chi connectivity index (χ0v) is 17.3. The maximum Gasteiger partial charge on any atom is 0.305 e. The Hall–Kier alpha value is -4.77. The Bertz CT molecular complexity index is 1510. The highest BCUT2D eigenvalue weighted by atomic mass is 16.5. The standard InChI is InChI=1S/C25H17N5O3/c26-14-19-13-18(6-8-21(19)16-4-2-1-3-5-16)25-28-24(29-33-25)17-7-9-22-20(12-17)15-27-30(22)11-10-23(31)32/h1-9,12-13,15H,10-11H2,(H,31,32). The third-order valence-electron chi connectivity index (χ3n) is 5.34. The lowest BCUT2D eigenvalue weighted by molar-refractivity contribution is -0.137. The zero-order valence-electron chi connectivity index (χ0n) is 17.3. The van der Waals surface area contributed by atoms with Gasteiger partial charge in [-0.3, -0.25) is 9.48 Å². The number of fused-ring (bicyclic) bond motifs is 1. The largest absolute Gasteiger partial charge is 0.481 e. The third kappa shape index (κ3) is 3.95. The van der Waals surface area contributed by atoms with E-state index in [0.717, 1.165) is 27.6 Å². The summed E-state index contributed by atoms with van der Waals surface area (Å²) in [6, 6.07) is 23.0. The molecule has 5 rings (SSSR count). The maximum absolute atomic E-state index is 10.8. The Kier molecular flexibility index (Phi) is 5.13. The van der Waals surface area contributed by atoms with E-state index in [-0.39, 0.29) is 6.42 Å². The summed E-state index contributed by atoms with van der Waals surface area (Å²) in [6.07, 6.45) is 1.68. The first-order chi connectivity index (χ1) is 16.1. The van der Waals surface area contributed by atoms with Crippen LogP contribution in [0.4, 0.5) is 0 Å². The van der Waals surface area contributed by atoms with Crippen molar-refractivity contribution in [3.63, 3.8) is 0 Å². The second-order valence-electron chi connectivity index (χ2n) is 7.45. The molecule has 2 aromatic heterocycles. The summed E-state index contributed by atoms with van der Waals surface area (Å²) >= 11 is 0. The van der Waals surface area contributed by atoms with Crippen LogP contribution >= 0.6 is 0 Å². The number of hydrogen-bond donors (Lipinski definition) is 1. The molecule has 0 atom stereocenters. The van der Waals surface area contributed by atoms with Gasteiger partial charge in [-0.2, -0.15) is 15.3 Å². The van der Waals surface area contributed by atoms with Gasteiger partial charge in [0.05, 0.1) is 36.3 Å². The lowest BCUT2D eigenvalue weighted by Crippen LogP contribution is -2.05. The van der Waals surface area contributed by atoms with E-state index in [9.17, 15) is 10.1 Å². The first-order valence-electron chi connectivity index (χ1n) is 10.2. The third-order valence-corrected chi connectivity index (χ3v) is 5.34. The number of carboxylic acid groups (broad SMARTS) is 1. The summed E-state index contributed by atoms with van der Waals surface area (Å²) in [5.74, 6) is -0.139. The van der Waals surface area contributed by atoms with Gasteiger partial charge in [0.25, 0.3) is 5.89 Å². The molecular formula is C25H17N5O3. The van der Waals surface area contributed by atoms with Crippen LogP contribution in [-0.4, -0.2) is 31.0 Å². The fourth-order valence-electron chi connectivity index (χ4n) is 3.70. The van der Waals surface area contributed by atoms with Gasteiger partial charge >= 0.3 is 5.97 Å². The molecule has 0 saturated heterocycles. The smallest absolute Gasteiger partial charge is 0.305 e. The molecule has 8 heteroatoms. The van der Waals surface area contributed by atoms with Crippen LogP contribution in [0.3, 0.4) is 0 Å². The van der Waals surface area contributed by atoms with Crippen LogP contribution < -0.4 is 0 Å². The van der Waals surface area contributed by atoms with Gasteiger partial charge in [-0.15, -0.1) is 0 Å². The summed E-state index contributed by atoms with van der Waals surface area (Å²) in [5.41, 5.74) is 4.56. The minimum absolute atomic E-state index is 0.000477. The molecule has 8 nitrogen and oxygen atoms in total. The fourth-order valence-corrected chi connectivity index (χ4v) is 3.70. The van der Waals surface area contributed by atoms with Crippen LogP contribution in [0, 0.1) is 11.3 Å². The monoisotopic (exact) mass is 435 g/mol. The maximum atomic E-state index is 10.8. The number of aliphatic carboxylic acids is 1. The average Bonchev–Trinajstić information content (AvgIpc) is 3.50. The van der Waals surface area contributed by atoms with Gasteiger partial charge in [-0.1, -0.05) is 41.6 Å². The zero-order chi connectivity index (χ0) is 22.8. The SMILES string of the molecule is N#Cc1cc(-c2nc(-c3ccc4c(cnn4CCC(=O)O)c3)no2)ccc1-c1ccccc1. The van der Waals surface area contributed by atoms with Crippen LogP contribution in [-0.2, 0) is 11.3 Å². The molecule has 0 aliphatic carbocycles. The molecule has 0 radical (unpaired) electrons. The molecule has 0 aliphatic rings. The van der Waals surface area contributed by atoms with Gasteiger partial charge in [0, 0.05) is 16.5 Å². The number of aryl methyl sites for hydroxylation is 1. The second kappa shape index (κ2) is 8.40. The van der Waals surface area contributed by atoms with Crippen molar-refractivity contribution < 1.29 is 14.4 Å². The quantitative estimate of drug-likeness (QED) is 0.408. The number of rotatable bonds is 6. The van der Waals surface area contributed by atoms with Crippen molar-refractivity contribution in [3.8, 4) is 40.0 Å². The predicted octanol–water partition coefficient (Wildman–Crippen LogP) is 4.77. The molecule has 0 unspecified atom stereocenters. The first kappa shape index (κ1) is 20.2. The van der Waals surface area contributed by atoms with Crippen molar-refractivity contribution in [2.24, 2.45) is 0 Å². The molecule has 0 saturated carbocycles. The molecule has 0 fully saturated rings. The Morgan fingerprint density at radius 2 is 1.85 bits per heavy atom. The van der Waals surface area contributed by atoms with E-state index >= 15 is 0 Å². The molecule has 0 amide bonds. The molecule has 2 heterocycles. The second-order valence-corrected chi connectivity index (χ2v) is 7.45. The van der Waals surface area contributed by atoms with E-state index in [2.05, 4.69) is 21.3 Å². The summed E-state index contributed by atoms with van der Waals surface area (Å²) in [5, 5.41) is 27.8. The summed E-state index contributed by atoms with van der Waals surface area (Å²) < 4.78 is 7.14. The molecule has 5 aromatic rings. The Labute approximate surface area is 188 Å². The molecular weight excluding hydrogens is 418 g/mol. The van der Waals surface area contributed by atoms with Gasteiger partial charge in [0.1, 0.15) is 0 Å². The number of carboxylic acids is 1. The van der Waals surface area contributed by atoms with Crippen LogP contribution in [0.5, 0.6) is 0 Å². The van der Waals surface area contributed by atoms with Crippen molar-refractivity contribution in [2.45, 2.75) is 13.0 Å². The number of aromatic nitrogens is 4. The lowest BCUT2D eigenvalue weighted by atomic mass is 9.98. The minimum Gasteiger partial charge on any atom is -0.481 e. The van der Waals surface area contributed by atoms with Crippen LogP contribution in [0.25, 0.3) is 44.9 Å². The van der Waals surface area contributed by atoms with Gasteiger partial charge in [-0.05, 0) is 41.5 Å². The Morgan fingerprint density at radius 1 is 1.03 bits per heavy atom. The molecule has 0 aliphatic heterocycles. The summed E-state index contributed by atoms with van der Waals surface area (Å²) in [7, 11) is 0.